The number of hydrogen-bond donors (Lipinski definition) is 0. The molecular formula is C16H21NO. The van der Waals surface area contributed by atoms with Crippen LogP contribution in [0, 0.1) is 5.92 Å². The van der Waals surface area contributed by atoms with E-state index in [1.807, 2.05) is 0 Å². The fraction of sp³-hybridized carbons (Fsp3) is 0.500. The van der Waals surface area contributed by atoms with E-state index in [-0.39, 0.29) is 0 Å². The fourth-order valence-corrected chi connectivity index (χ4v) is 3.41. The van der Waals surface area contributed by atoms with Gasteiger partial charge in [-0.2, -0.15) is 5.06 Å². The fourth-order valence-electron chi connectivity index (χ4n) is 3.41. The van der Waals surface area contributed by atoms with E-state index in [0.717, 1.165) is 6.42 Å². The van der Waals surface area contributed by atoms with E-state index in [0.29, 0.717) is 18.1 Å². The molecule has 3 unspecified atom stereocenters. The zero-order valence-corrected chi connectivity index (χ0v) is 11.0. The maximum atomic E-state index is 5.99. The SMILES string of the molecule is C=C1CCCC2ON(C)C(Cc3ccccc3)C12. The third kappa shape index (κ3) is 2.11. The number of fused-ring (bicyclic) bond motifs is 1. The highest BCUT2D eigenvalue weighted by atomic mass is 16.7. The second-order valence-corrected chi connectivity index (χ2v) is 5.52. The van der Waals surface area contributed by atoms with E-state index in [1.54, 1.807) is 0 Å². The highest BCUT2D eigenvalue weighted by Gasteiger charge is 2.44. The minimum absolute atomic E-state index is 0.366. The summed E-state index contributed by atoms with van der Waals surface area (Å²) in [5, 5.41) is 2.07. The predicted molar refractivity (Wildman–Crippen MR) is 73.1 cm³/mol. The number of rotatable bonds is 2. The number of nitrogens with zero attached hydrogens (tertiary/aromatic N) is 1. The summed E-state index contributed by atoms with van der Waals surface area (Å²) in [4.78, 5) is 5.99. The molecule has 3 atom stereocenters. The second-order valence-electron chi connectivity index (χ2n) is 5.52. The summed E-state index contributed by atoms with van der Waals surface area (Å²) in [5.74, 6) is 0.518. The maximum Gasteiger partial charge on any atom is 0.0874 e. The molecule has 2 nitrogen and oxygen atoms in total. The first-order chi connectivity index (χ1) is 8.75. The molecule has 1 aliphatic carbocycles. The minimum atomic E-state index is 0.366. The van der Waals surface area contributed by atoms with Crippen LogP contribution in [0.15, 0.2) is 42.5 Å². The first-order valence-electron chi connectivity index (χ1n) is 6.87. The van der Waals surface area contributed by atoms with Crippen LogP contribution in [0.1, 0.15) is 24.8 Å². The Morgan fingerprint density at radius 3 is 2.89 bits per heavy atom. The van der Waals surface area contributed by atoms with Crippen LogP contribution in [-0.4, -0.2) is 24.3 Å². The molecule has 1 aliphatic heterocycles. The summed E-state index contributed by atoms with van der Waals surface area (Å²) in [5.41, 5.74) is 2.77. The van der Waals surface area contributed by atoms with Gasteiger partial charge in [-0.3, -0.25) is 4.84 Å². The van der Waals surface area contributed by atoms with Crippen molar-refractivity contribution in [1.29, 1.82) is 0 Å². The average Bonchev–Trinajstić information content (AvgIpc) is 2.69. The Bertz CT molecular complexity index is 428. The lowest BCUT2D eigenvalue weighted by Crippen LogP contribution is -2.34. The molecule has 2 aliphatic rings. The van der Waals surface area contributed by atoms with Crippen molar-refractivity contribution in [2.75, 3.05) is 7.05 Å². The Kier molecular flexibility index (Phi) is 3.23. The van der Waals surface area contributed by atoms with Gasteiger partial charge in [-0.15, -0.1) is 0 Å². The van der Waals surface area contributed by atoms with Crippen molar-refractivity contribution < 1.29 is 4.84 Å². The van der Waals surface area contributed by atoms with Crippen LogP contribution in [0.3, 0.4) is 0 Å². The lowest BCUT2D eigenvalue weighted by Gasteiger charge is -2.29. The molecule has 0 aromatic heterocycles. The van der Waals surface area contributed by atoms with Gasteiger partial charge in [0, 0.05) is 19.0 Å². The first kappa shape index (κ1) is 11.9. The van der Waals surface area contributed by atoms with Gasteiger partial charge < -0.3 is 0 Å². The zero-order valence-electron chi connectivity index (χ0n) is 11.0. The monoisotopic (exact) mass is 243 g/mol. The number of hydrogen-bond acceptors (Lipinski definition) is 2. The van der Waals surface area contributed by atoms with Crippen molar-refractivity contribution >= 4 is 0 Å². The van der Waals surface area contributed by atoms with Gasteiger partial charge in [0.15, 0.2) is 0 Å². The summed E-state index contributed by atoms with van der Waals surface area (Å²) in [6.45, 7) is 4.28. The van der Waals surface area contributed by atoms with Crippen LogP contribution in [0.4, 0.5) is 0 Å². The van der Waals surface area contributed by atoms with E-state index in [9.17, 15) is 0 Å². The molecule has 0 spiro atoms. The highest BCUT2D eigenvalue weighted by Crippen LogP contribution is 2.41. The van der Waals surface area contributed by atoms with Crippen LogP contribution in [0.2, 0.25) is 0 Å². The lowest BCUT2D eigenvalue weighted by atomic mass is 9.77. The molecule has 96 valence electrons. The molecule has 0 amide bonds. The molecular weight excluding hydrogens is 222 g/mol. The lowest BCUT2D eigenvalue weighted by molar-refractivity contribution is -0.145. The van der Waals surface area contributed by atoms with Gasteiger partial charge in [0.25, 0.3) is 0 Å². The second kappa shape index (κ2) is 4.87. The van der Waals surface area contributed by atoms with Gasteiger partial charge in [0.2, 0.25) is 0 Å². The molecule has 2 fully saturated rings. The van der Waals surface area contributed by atoms with Crippen molar-refractivity contribution in [3.8, 4) is 0 Å². The summed E-state index contributed by atoms with van der Waals surface area (Å²) in [6, 6.07) is 11.1. The molecule has 1 aromatic rings. The molecule has 0 radical (unpaired) electrons. The van der Waals surface area contributed by atoms with Crippen LogP contribution in [-0.2, 0) is 11.3 Å². The maximum absolute atomic E-state index is 5.99. The Morgan fingerprint density at radius 1 is 1.33 bits per heavy atom. The van der Waals surface area contributed by atoms with Gasteiger partial charge in [0.05, 0.1) is 6.10 Å². The summed E-state index contributed by atoms with van der Waals surface area (Å²) in [7, 11) is 2.07. The van der Waals surface area contributed by atoms with Gasteiger partial charge in [0.1, 0.15) is 0 Å². The normalized spacial score (nSPS) is 32.5. The zero-order chi connectivity index (χ0) is 12.5. The summed E-state index contributed by atoms with van der Waals surface area (Å²) >= 11 is 0. The molecule has 2 heteroatoms. The van der Waals surface area contributed by atoms with Gasteiger partial charge >= 0.3 is 0 Å². The third-order valence-corrected chi connectivity index (χ3v) is 4.33. The number of likely N-dealkylation sites (N-methyl/N-ethyl adjacent to an activating group) is 1. The van der Waals surface area contributed by atoms with Crippen LogP contribution >= 0.6 is 0 Å². The average molecular weight is 243 g/mol. The minimum Gasteiger partial charge on any atom is -0.295 e. The van der Waals surface area contributed by atoms with E-state index in [4.69, 9.17) is 4.84 Å². The standard InChI is InChI=1S/C16H21NO/c1-12-7-6-10-15-16(12)14(17(2)18-15)11-13-8-4-3-5-9-13/h3-5,8-9,14-16H,1,6-7,10-11H2,2H3. The van der Waals surface area contributed by atoms with Crippen molar-refractivity contribution in [2.45, 2.75) is 37.8 Å². The van der Waals surface area contributed by atoms with Crippen molar-refractivity contribution in [3.63, 3.8) is 0 Å². The Morgan fingerprint density at radius 2 is 2.11 bits per heavy atom. The highest BCUT2D eigenvalue weighted by molar-refractivity contribution is 5.20. The topological polar surface area (TPSA) is 12.5 Å². The van der Waals surface area contributed by atoms with E-state index in [1.165, 1.54) is 30.4 Å². The molecule has 1 heterocycles. The van der Waals surface area contributed by atoms with E-state index < -0.39 is 0 Å². The summed E-state index contributed by atoms with van der Waals surface area (Å²) in [6.07, 6.45) is 5.00. The Balaban J connectivity index is 1.80. The molecule has 1 saturated carbocycles. The molecule has 0 bridgehead atoms. The molecule has 3 rings (SSSR count). The van der Waals surface area contributed by atoms with Gasteiger partial charge in [-0.1, -0.05) is 42.5 Å². The van der Waals surface area contributed by atoms with Crippen molar-refractivity contribution in [2.24, 2.45) is 5.92 Å². The number of benzene rings is 1. The van der Waals surface area contributed by atoms with Crippen molar-refractivity contribution in [1.82, 2.24) is 5.06 Å². The smallest absolute Gasteiger partial charge is 0.0874 e. The predicted octanol–water partition coefficient (Wildman–Crippen LogP) is 3.20. The van der Waals surface area contributed by atoms with Gasteiger partial charge in [-0.25, -0.2) is 0 Å². The van der Waals surface area contributed by atoms with E-state index in [2.05, 4.69) is 49.0 Å². The van der Waals surface area contributed by atoms with E-state index >= 15 is 0 Å². The molecule has 1 aromatic carbocycles. The van der Waals surface area contributed by atoms with Gasteiger partial charge in [-0.05, 0) is 31.2 Å². The third-order valence-electron chi connectivity index (χ3n) is 4.33. The Labute approximate surface area is 109 Å². The molecule has 1 saturated heterocycles. The largest absolute Gasteiger partial charge is 0.295 e. The quantitative estimate of drug-likeness (QED) is 0.740. The number of hydroxylamine groups is 2. The van der Waals surface area contributed by atoms with Crippen LogP contribution in [0.5, 0.6) is 0 Å². The molecule has 0 N–H and O–H groups in total. The van der Waals surface area contributed by atoms with Crippen LogP contribution < -0.4 is 0 Å². The molecule has 18 heavy (non-hydrogen) atoms. The Hall–Kier alpha value is -1.12. The van der Waals surface area contributed by atoms with Crippen LogP contribution in [0.25, 0.3) is 0 Å². The van der Waals surface area contributed by atoms with Crippen molar-refractivity contribution in [3.05, 3.63) is 48.0 Å². The first-order valence-corrected chi connectivity index (χ1v) is 6.87. The summed E-state index contributed by atoms with van der Waals surface area (Å²) < 4.78 is 0.